The van der Waals surface area contributed by atoms with Crippen LogP contribution in [0.4, 0.5) is 0 Å². The third-order valence-electron chi connectivity index (χ3n) is 10.4. The van der Waals surface area contributed by atoms with E-state index in [0.29, 0.717) is 51.4 Å². The van der Waals surface area contributed by atoms with E-state index in [9.17, 15) is 39.6 Å². The van der Waals surface area contributed by atoms with Crippen LogP contribution in [0.15, 0.2) is 0 Å². The van der Waals surface area contributed by atoms with Crippen molar-refractivity contribution in [3.05, 3.63) is 90.1 Å². The number of hydrogen-bond donors (Lipinski definition) is 8. The fourth-order valence-corrected chi connectivity index (χ4v) is 7.44. The van der Waals surface area contributed by atoms with Crippen molar-refractivity contribution in [3.8, 4) is 0 Å². The first-order chi connectivity index (χ1) is 23.1. The summed E-state index contributed by atoms with van der Waals surface area (Å²) < 4.78 is 0. The number of aliphatic carboxylic acids is 4. The van der Waals surface area contributed by atoms with Crippen molar-refractivity contribution in [2.24, 2.45) is 5.92 Å². The largest absolute Gasteiger partial charge is 0.481 e. The van der Waals surface area contributed by atoms with Gasteiger partial charge in [0.1, 0.15) is 0 Å². The monoisotopic (exact) mass is 674 g/mol. The molecule has 0 saturated heterocycles. The van der Waals surface area contributed by atoms with Gasteiger partial charge in [-0.2, -0.15) is 0 Å². The van der Waals surface area contributed by atoms with Gasteiger partial charge >= 0.3 is 23.9 Å². The highest BCUT2D eigenvalue weighted by Gasteiger charge is 2.26. The maximum atomic E-state index is 11.9. The number of rotatable bonds is 12. The summed E-state index contributed by atoms with van der Waals surface area (Å²) in [6, 6.07) is 0. The molecule has 0 fully saturated rings. The summed E-state index contributed by atoms with van der Waals surface area (Å²) in [4.78, 5) is 61.4. The third-order valence-corrected chi connectivity index (χ3v) is 10.4. The van der Waals surface area contributed by atoms with Crippen LogP contribution in [0.5, 0.6) is 0 Å². The number of H-pyrrole nitrogens is 4. The van der Waals surface area contributed by atoms with Crippen molar-refractivity contribution in [1.29, 1.82) is 0 Å². The Morgan fingerprint density at radius 3 is 1.06 bits per heavy atom. The Morgan fingerprint density at radius 2 is 0.755 bits per heavy atom. The quantitative estimate of drug-likeness (QED) is 0.0876. The lowest BCUT2D eigenvalue weighted by molar-refractivity contribution is -0.141. The molecule has 49 heavy (non-hydrogen) atoms. The van der Waals surface area contributed by atoms with Gasteiger partial charge in [-0.05, 0) is 97.9 Å². The second-order valence-electron chi connectivity index (χ2n) is 13.6. The minimum atomic E-state index is -0.898. The first kappa shape index (κ1) is 35.3. The van der Waals surface area contributed by atoms with Crippen LogP contribution in [-0.2, 0) is 70.5 Å². The van der Waals surface area contributed by atoms with E-state index in [0.717, 1.165) is 90.1 Å². The molecule has 1 atom stereocenters. The average molecular weight is 675 g/mol. The summed E-state index contributed by atoms with van der Waals surface area (Å²) in [5.74, 6) is -4.17. The van der Waals surface area contributed by atoms with Crippen LogP contribution in [0.25, 0.3) is 0 Å². The van der Waals surface area contributed by atoms with Gasteiger partial charge in [0.15, 0.2) is 0 Å². The van der Waals surface area contributed by atoms with Gasteiger partial charge in [-0.25, -0.2) is 0 Å². The fourth-order valence-electron chi connectivity index (χ4n) is 7.44. The molecule has 0 aromatic carbocycles. The summed E-state index contributed by atoms with van der Waals surface area (Å²) in [5, 5.41) is 38.5. The van der Waals surface area contributed by atoms with Crippen LogP contribution in [0.2, 0.25) is 0 Å². The molecule has 4 aromatic rings. The zero-order valence-corrected chi connectivity index (χ0v) is 28.8. The average Bonchev–Trinajstić information content (AvgIpc) is 3.68. The zero-order chi connectivity index (χ0) is 35.7. The van der Waals surface area contributed by atoms with E-state index in [1.165, 1.54) is 0 Å². The number of carboxylic acids is 4. The number of fused-ring (bicyclic) bond motifs is 8. The lowest BCUT2D eigenvalue weighted by Gasteiger charge is -2.10. The summed E-state index contributed by atoms with van der Waals surface area (Å²) in [6.07, 6.45) is 3.03. The van der Waals surface area contributed by atoms with E-state index >= 15 is 0 Å². The van der Waals surface area contributed by atoms with Crippen LogP contribution < -0.4 is 0 Å². The predicted molar refractivity (Wildman–Crippen MR) is 182 cm³/mol. The minimum Gasteiger partial charge on any atom is -0.481 e. The highest BCUT2D eigenvalue weighted by Crippen LogP contribution is 2.33. The molecule has 0 aliphatic carbocycles. The van der Waals surface area contributed by atoms with Crippen LogP contribution in [-0.4, -0.2) is 64.2 Å². The molecule has 0 radical (unpaired) electrons. The molecule has 262 valence electrons. The van der Waals surface area contributed by atoms with Gasteiger partial charge in [0.05, 0.1) is 5.92 Å². The van der Waals surface area contributed by atoms with E-state index in [1.807, 2.05) is 27.7 Å². The molecule has 12 nitrogen and oxygen atoms in total. The Morgan fingerprint density at radius 1 is 0.490 bits per heavy atom. The molecule has 5 heterocycles. The van der Waals surface area contributed by atoms with Crippen molar-refractivity contribution < 1.29 is 39.6 Å². The topological polar surface area (TPSA) is 212 Å². The molecular weight excluding hydrogens is 628 g/mol. The number of nitrogens with one attached hydrogen (secondary N) is 4. The summed E-state index contributed by atoms with van der Waals surface area (Å²) in [7, 11) is 0. The molecule has 4 aromatic heterocycles. The highest BCUT2D eigenvalue weighted by molar-refractivity contribution is 5.70. The first-order valence-electron chi connectivity index (χ1n) is 16.8. The Bertz CT molecular complexity index is 1930. The normalized spacial score (nSPS) is 13.4. The summed E-state index contributed by atoms with van der Waals surface area (Å²) in [5.41, 5.74) is 14.8. The standard InChI is InChI=1S/C37H46N4O8/c1-17(37(48)49)12-25-21(5)27-13-26-18(2)23(7-10-35(44)45)31(38-26)16-32-24(8-11-36(46)47)20(4)28(40-32)14-30-22(6-9-34(42)43)19(3)29(39-30)15-33(25)41-27/h17,38-41H,6-16H2,1-5H3,(H,42,43)(H,44,45)(H,46,47)(H,48,49). The summed E-state index contributed by atoms with van der Waals surface area (Å²) in [6.45, 7) is 9.66. The van der Waals surface area contributed by atoms with Crippen molar-refractivity contribution in [2.75, 3.05) is 0 Å². The third kappa shape index (κ3) is 7.53. The van der Waals surface area contributed by atoms with Crippen molar-refractivity contribution >= 4 is 23.9 Å². The maximum absolute atomic E-state index is 11.9. The number of aromatic nitrogens is 4. The molecule has 1 aliphatic heterocycles. The minimum absolute atomic E-state index is 0.0372. The van der Waals surface area contributed by atoms with Gasteiger partial charge < -0.3 is 40.4 Å². The van der Waals surface area contributed by atoms with Gasteiger partial charge in [0.2, 0.25) is 0 Å². The van der Waals surface area contributed by atoms with Crippen molar-refractivity contribution in [1.82, 2.24) is 19.9 Å². The van der Waals surface area contributed by atoms with Gasteiger partial charge in [-0.15, -0.1) is 0 Å². The van der Waals surface area contributed by atoms with Crippen molar-refractivity contribution in [2.45, 2.75) is 105 Å². The maximum Gasteiger partial charge on any atom is 0.306 e. The van der Waals surface area contributed by atoms with Gasteiger partial charge in [-0.1, -0.05) is 6.92 Å². The van der Waals surface area contributed by atoms with Crippen LogP contribution >= 0.6 is 0 Å². The molecule has 12 heteroatoms. The van der Waals surface area contributed by atoms with E-state index in [2.05, 4.69) is 19.9 Å². The van der Waals surface area contributed by atoms with E-state index in [1.54, 1.807) is 6.92 Å². The second-order valence-corrected chi connectivity index (χ2v) is 13.6. The molecule has 0 saturated carbocycles. The van der Waals surface area contributed by atoms with Crippen LogP contribution in [0, 0.1) is 33.6 Å². The molecule has 5 rings (SSSR count). The molecule has 8 N–H and O–H groups in total. The van der Waals surface area contributed by atoms with Gasteiger partial charge in [-0.3, -0.25) is 19.2 Å². The molecule has 8 bridgehead atoms. The number of carbonyl (C=O) groups is 4. The molecule has 0 spiro atoms. The number of carboxylic acid groups (broad SMARTS) is 4. The fraction of sp³-hybridized carbons (Fsp3) is 0.459. The zero-order valence-electron chi connectivity index (χ0n) is 28.8. The first-order valence-corrected chi connectivity index (χ1v) is 16.8. The Balaban J connectivity index is 1.73. The lowest BCUT2D eigenvalue weighted by atomic mass is 9.94. The Hall–Kier alpha value is -5.00. The predicted octanol–water partition coefficient (Wildman–Crippen LogP) is 5.22. The Kier molecular flexibility index (Phi) is 10.3. The van der Waals surface area contributed by atoms with Crippen LogP contribution in [0.1, 0.15) is 116 Å². The number of hydrogen-bond acceptors (Lipinski definition) is 4. The SMILES string of the molecule is Cc1c2[nH]c(c1CCC(=O)O)Cc1[nH]c(c(CCC(=O)O)c1C)Cc1[nH]c(c(C)c1CCC(=O)O)Cc1[nH]c(c(CC(C)C(=O)O)c1C)C2. The van der Waals surface area contributed by atoms with Gasteiger partial charge in [0.25, 0.3) is 0 Å². The van der Waals surface area contributed by atoms with E-state index in [-0.39, 0.29) is 19.3 Å². The summed E-state index contributed by atoms with van der Waals surface area (Å²) >= 11 is 0. The van der Waals surface area contributed by atoms with Crippen LogP contribution in [0.3, 0.4) is 0 Å². The van der Waals surface area contributed by atoms with Gasteiger partial charge in [0, 0.05) is 90.5 Å². The van der Waals surface area contributed by atoms with E-state index in [4.69, 9.17) is 0 Å². The molecule has 0 amide bonds. The molecular formula is C37H46N4O8. The number of aromatic amines is 4. The van der Waals surface area contributed by atoms with E-state index < -0.39 is 29.8 Å². The van der Waals surface area contributed by atoms with Crippen molar-refractivity contribution in [3.63, 3.8) is 0 Å². The smallest absolute Gasteiger partial charge is 0.306 e. The second kappa shape index (κ2) is 14.2. The Labute approximate surface area is 284 Å². The highest BCUT2D eigenvalue weighted by atomic mass is 16.4. The molecule has 1 aliphatic rings. The molecule has 1 unspecified atom stereocenters. The lowest BCUT2D eigenvalue weighted by Crippen LogP contribution is -2.13.